The van der Waals surface area contributed by atoms with Crippen LogP contribution in [0, 0.1) is 5.92 Å². The molecule has 1 aliphatic carbocycles. The van der Waals surface area contributed by atoms with E-state index in [1.54, 1.807) is 0 Å². The molecule has 1 saturated heterocycles. The number of hydrogen-bond acceptors (Lipinski definition) is 3. The minimum atomic E-state index is 0.480. The Morgan fingerprint density at radius 1 is 1.00 bits per heavy atom. The van der Waals surface area contributed by atoms with E-state index in [-0.39, 0.29) is 0 Å². The second-order valence-electron chi connectivity index (χ2n) is 7.58. The van der Waals surface area contributed by atoms with Gasteiger partial charge in [0.1, 0.15) is 0 Å². The molecule has 0 bridgehead atoms. The lowest BCUT2D eigenvalue weighted by atomic mass is 9.93. The maximum absolute atomic E-state index is 6.03. The summed E-state index contributed by atoms with van der Waals surface area (Å²) in [7, 11) is 1.85. The average Bonchev–Trinajstić information content (AvgIpc) is 2.93. The van der Waals surface area contributed by atoms with E-state index in [9.17, 15) is 0 Å². The summed E-state index contributed by atoms with van der Waals surface area (Å²) in [5.41, 5.74) is 0. The van der Waals surface area contributed by atoms with Crippen molar-refractivity contribution in [2.45, 2.75) is 70.8 Å². The Kier molecular flexibility index (Phi) is 10.3. The van der Waals surface area contributed by atoms with Crippen molar-refractivity contribution in [2.75, 3.05) is 46.4 Å². The van der Waals surface area contributed by atoms with Crippen molar-refractivity contribution < 1.29 is 4.74 Å². The van der Waals surface area contributed by atoms with Gasteiger partial charge in [-0.1, -0.05) is 32.6 Å². The number of aliphatic imine (C=N–C) groups is 1. The zero-order chi connectivity index (χ0) is 17.7. The predicted molar refractivity (Wildman–Crippen MR) is 106 cm³/mol. The summed E-state index contributed by atoms with van der Waals surface area (Å²) in [6, 6.07) is 0. The largest absolute Gasteiger partial charge is 0.376 e. The van der Waals surface area contributed by atoms with Crippen molar-refractivity contribution in [3.63, 3.8) is 0 Å². The molecule has 1 heterocycles. The van der Waals surface area contributed by atoms with E-state index in [1.165, 1.54) is 77.4 Å². The van der Waals surface area contributed by atoms with Crippen LogP contribution in [0.15, 0.2) is 4.99 Å². The van der Waals surface area contributed by atoms with Crippen molar-refractivity contribution in [3.8, 4) is 0 Å². The monoisotopic (exact) mass is 352 g/mol. The first kappa shape index (κ1) is 20.5. The highest BCUT2D eigenvalue weighted by atomic mass is 16.5. The molecule has 2 fully saturated rings. The molecule has 0 spiro atoms. The van der Waals surface area contributed by atoms with Crippen LogP contribution in [0.3, 0.4) is 0 Å². The fourth-order valence-corrected chi connectivity index (χ4v) is 4.01. The van der Waals surface area contributed by atoms with Gasteiger partial charge in [-0.3, -0.25) is 4.99 Å². The first-order valence-corrected chi connectivity index (χ1v) is 10.6. The van der Waals surface area contributed by atoms with Crippen LogP contribution in [0.25, 0.3) is 0 Å². The highest BCUT2D eigenvalue weighted by Crippen LogP contribution is 2.20. The van der Waals surface area contributed by atoms with Crippen molar-refractivity contribution in [1.82, 2.24) is 15.5 Å². The van der Waals surface area contributed by atoms with Gasteiger partial charge in [-0.15, -0.1) is 0 Å². The third-order valence-electron chi connectivity index (χ3n) is 5.77. The second kappa shape index (κ2) is 12.5. The molecule has 0 radical (unpaired) electrons. The van der Waals surface area contributed by atoms with E-state index in [0.717, 1.165) is 31.6 Å². The summed E-state index contributed by atoms with van der Waals surface area (Å²) in [5.74, 6) is 1.78. The van der Waals surface area contributed by atoms with Crippen LogP contribution >= 0.6 is 0 Å². The Morgan fingerprint density at radius 2 is 1.68 bits per heavy atom. The summed E-state index contributed by atoms with van der Waals surface area (Å²) >= 11 is 0. The van der Waals surface area contributed by atoms with Gasteiger partial charge in [0.15, 0.2) is 5.96 Å². The quantitative estimate of drug-likeness (QED) is 0.305. The van der Waals surface area contributed by atoms with Crippen LogP contribution in [-0.4, -0.2) is 63.3 Å². The van der Waals surface area contributed by atoms with Gasteiger partial charge in [-0.2, -0.15) is 0 Å². The minimum Gasteiger partial charge on any atom is -0.376 e. The highest BCUT2D eigenvalue weighted by molar-refractivity contribution is 5.79. The Labute approximate surface area is 155 Å². The van der Waals surface area contributed by atoms with Crippen LogP contribution in [0.5, 0.6) is 0 Å². The number of likely N-dealkylation sites (tertiary alicyclic amines) is 1. The van der Waals surface area contributed by atoms with Crippen LogP contribution in [0.2, 0.25) is 0 Å². The van der Waals surface area contributed by atoms with Crippen LogP contribution in [0.4, 0.5) is 0 Å². The fourth-order valence-electron chi connectivity index (χ4n) is 4.01. The molecule has 0 aromatic rings. The molecule has 0 aromatic heterocycles. The Balaban J connectivity index is 1.50. The molecule has 2 N–H and O–H groups in total. The Bertz CT molecular complexity index is 359. The van der Waals surface area contributed by atoms with E-state index in [2.05, 4.69) is 27.4 Å². The number of guanidine groups is 1. The lowest BCUT2D eigenvalue weighted by Gasteiger charge is -2.31. The third kappa shape index (κ3) is 8.41. The number of nitrogens with one attached hydrogen (secondary N) is 2. The molecule has 5 heteroatoms. The van der Waals surface area contributed by atoms with Gasteiger partial charge in [0.2, 0.25) is 0 Å². The zero-order valence-electron chi connectivity index (χ0n) is 16.6. The molecular weight excluding hydrogens is 312 g/mol. The Morgan fingerprint density at radius 3 is 2.32 bits per heavy atom. The first-order valence-electron chi connectivity index (χ1n) is 10.6. The number of nitrogens with zero attached hydrogens (tertiary/aromatic N) is 2. The zero-order valence-corrected chi connectivity index (χ0v) is 16.6. The normalized spacial score (nSPS) is 21.9. The molecule has 2 rings (SSSR count). The summed E-state index contributed by atoms with van der Waals surface area (Å²) in [4.78, 5) is 6.88. The third-order valence-corrected chi connectivity index (χ3v) is 5.77. The summed E-state index contributed by atoms with van der Waals surface area (Å²) < 4.78 is 6.03. The van der Waals surface area contributed by atoms with Gasteiger partial charge in [-0.05, 0) is 57.7 Å². The van der Waals surface area contributed by atoms with Crippen LogP contribution < -0.4 is 10.6 Å². The highest BCUT2D eigenvalue weighted by Gasteiger charge is 2.17. The number of piperidine rings is 1. The number of rotatable bonds is 8. The fraction of sp³-hybridized carbons (Fsp3) is 0.950. The predicted octanol–water partition coefficient (Wildman–Crippen LogP) is 3.01. The topological polar surface area (TPSA) is 48.9 Å². The van der Waals surface area contributed by atoms with E-state index in [4.69, 9.17) is 4.74 Å². The van der Waals surface area contributed by atoms with Gasteiger partial charge in [0.25, 0.3) is 0 Å². The first-order chi connectivity index (χ1) is 12.3. The van der Waals surface area contributed by atoms with Crippen molar-refractivity contribution in [2.24, 2.45) is 10.9 Å². The molecule has 2 aliphatic rings. The number of hydrogen-bond donors (Lipinski definition) is 2. The standard InChI is InChI=1S/C20H40N4O/c1-3-24-15-11-18(12-16-24)10-13-22-20(21-2)23-14-17-25-19-8-6-4-5-7-9-19/h18-19H,3-17H2,1-2H3,(H2,21,22,23). The molecule has 1 saturated carbocycles. The smallest absolute Gasteiger partial charge is 0.191 e. The molecule has 0 unspecified atom stereocenters. The summed E-state index contributed by atoms with van der Waals surface area (Å²) in [6.45, 7) is 8.63. The van der Waals surface area contributed by atoms with E-state index in [0.29, 0.717) is 6.10 Å². The second-order valence-corrected chi connectivity index (χ2v) is 7.58. The maximum atomic E-state index is 6.03. The molecule has 5 nitrogen and oxygen atoms in total. The van der Waals surface area contributed by atoms with Crippen LogP contribution in [0.1, 0.15) is 64.7 Å². The molecular formula is C20H40N4O. The lowest BCUT2D eigenvalue weighted by Crippen LogP contribution is -2.41. The van der Waals surface area contributed by atoms with Gasteiger partial charge in [-0.25, -0.2) is 0 Å². The van der Waals surface area contributed by atoms with E-state index < -0.39 is 0 Å². The van der Waals surface area contributed by atoms with Gasteiger partial charge in [0.05, 0.1) is 12.7 Å². The lowest BCUT2D eigenvalue weighted by molar-refractivity contribution is 0.0468. The SMILES string of the molecule is CCN1CCC(CCNC(=NC)NCCOC2CCCCCC2)CC1. The Hall–Kier alpha value is -0.810. The van der Waals surface area contributed by atoms with Crippen LogP contribution in [-0.2, 0) is 4.74 Å². The van der Waals surface area contributed by atoms with Crippen molar-refractivity contribution in [1.29, 1.82) is 0 Å². The van der Waals surface area contributed by atoms with E-state index in [1.807, 2.05) is 7.05 Å². The van der Waals surface area contributed by atoms with Gasteiger partial charge < -0.3 is 20.3 Å². The van der Waals surface area contributed by atoms with Crippen molar-refractivity contribution >= 4 is 5.96 Å². The average molecular weight is 353 g/mol. The summed E-state index contributed by atoms with van der Waals surface area (Å²) in [5, 5.41) is 6.84. The minimum absolute atomic E-state index is 0.480. The molecule has 25 heavy (non-hydrogen) atoms. The van der Waals surface area contributed by atoms with E-state index >= 15 is 0 Å². The summed E-state index contributed by atoms with van der Waals surface area (Å²) in [6.07, 6.45) is 12.3. The number of ether oxygens (including phenoxy) is 1. The van der Waals surface area contributed by atoms with Gasteiger partial charge >= 0.3 is 0 Å². The molecule has 0 atom stereocenters. The van der Waals surface area contributed by atoms with Gasteiger partial charge in [0, 0.05) is 20.1 Å². The molecule has 0 aromatic carbocycles. The molecule has 0 amide bonds. The maximum Gasteiger partial charge on any atom is 0.191 e. The van der Waals surface area contributed by atoms with Crippen molar-refractivity contribution in [3.05, 3.63) is 0 Å². The molecule has 1 aliphatic heterocycles. The molecule has 146 valence electrons.